The maximum absolute atomic E-state index is 14.0. The summed E-state index contributed by atoms with van der Waals surface area (Å²) in [6.07, 6.45) is 0.490. The molecule has 0 saturated carbocycles. The van der Waals surface area contributed by atoms with E-state index in [2.05, 4.69) is 10.6 Å². The van der Waals surface area contributed by atoms with Gasteiger partial charge in [0, 0.05) is 12.6 Å². The van der Waals surface area contributed by atoms with E-state index >= 15 is 0 Å². The molecule has 0 atom stereocenters. The number of ether oxygens (including phenoxy) is 4. The molecule has 0 aromatic heterocycles. The quantitative estimate of drug-likeness (QED) is 0.182. The summed E-state index contributed by atoms with van der Waals surface area (Å²) in [6, 6.07) is 19.0. The minimum Gasteiger partial charge on any atom is -0.493 e. The number of benzene rings is 4. The molecule has 4 aromatic carbocycles. The van der Waals surface area contributed by atoms with Gasteiger partial charge < -0.3 is 29.6 Å². The molecule has 0 spiro atoms. The fraction of sp³-hybridized carbons (Fsp3) is 0.212. The Morgan fingerprint density at radius 1 is 0.809 bits per heavy atom. The van der Waals surface area contributed by atoms with E-state index in [1.54, 1.807) is 25.3 Å². The topological polar surface area (TPSA) is 132 Å². The number of carbonyl (C=O) groups excluding carboxylic acids is 2. The van der Waals surface area contributed by atoms with Crippen LogP contribution in [0.1, 0.15) is 15.9 Å². The first-order chi connectivity index (χ1) is 22.5. The summed E-state index contributed by atoms with van der Waals surface area (Å²) in [5.41, 5.74) is 1.15. The van der Waals surface area contributed by atoms with Crippen LogP contribution in [0.5, 0.6) is 23.0 Å². The Kier molecular flexibility index (Phi) is 11.5. The van der Waals surface area contributed by atoms with Crippen LogP contribution < -0.4 is 33.9 Å². The molecule has 0 radical (unpaired) electrons. The van der Waals surface area contributed by atoms with E-state index < -0.39 is 34.2 Å². The van der Waals surface area contributed by atoms with Gasteiger partial charge >= 0.3 is 0 Å². The van der Waals surface area contributed by atoms with Gasteiger partial charge in [-0.15, -0.1) is 0 Å². The van der Waals surface area contributed by atoms with Gasteiger partial charge in [-0.3, -0.25) is 13.9 Å². The van der Waals surface area contributed by atoms with Crippen molar-refractivity contribution in [2.24, 2.45) is 0 Å². The molecule has 2 N–H and O–H groups in total. The Hall–Kier alpha value is -5.01. The number of methoxy groups -OCH3 is 4. The molecule has 4 rings (SSSR count). The van der Waals surface area contributed by atoms with E-state index in [-0.39, 0.29) is 39.2 Å². The van der Waals surface area contributed by atoms with E-state index in [9.17, 15) is 22.4 Å². The van der Waals surface area contributed by atoms with Crippen molar-refractivity contribution in [1.82, 2.24) is 5.32 Å². The molecular weight excluding hydrogens is 653 g/mol. The third kappa shape index (κ3) is 8.23. The number of halogens is 2. The van der Waals surface area contributed by atoms with Crippen molar-refractivity contribution in [1.29, 1.82) is 0 Å². The molecule has 0 aliphatic heterocycles. The average Bonchev–Trinajstić information content (AvgIpc) is 3.08. The van der Waals surface area contributed by atoms with Gasteiger partial charge in [0.05, 0.1) is 55.3 Å². The van der Waals surface area contributed by atoms with Crippen molar-refractivity contribution in [3.8, 4) is 23.0 Å². The molecular formula is C33H33ClFN3O8S. The Bertz CT molecular complexity index is 1870. The van der Waals surface area contributed by atoms with Crippen molar-refractivity contribution in [3.05, 3.63) is 101 Å². The minimum atomic E-state index is -4.44. The zero-order chi connectivity index (χ0) is 34.1. The summed E-state index contributed by atoms with van der Waals surface area (Å²) in [4.78, 5) is 26.3. The number of para-hydroxylation sites is 1. The van der Waals surface area contributed by atoms with E-state index in [1.165, 1.54) is 57.7 Å². The summed E-state index contributed by atoms with van der Waals surface area (Å²) in [6.45, 7) is -0.465. The van der Waals surface area contributed by atoms with Gasteiger partial charge in [0.15, 0.2) is 23.0 Å². The fourth-order valence-corrected chi connectivity index (χ4v) is 6.23. The normalized spacial score (nSPS) is 10.9. The predicted molar refractivity (Wildman–Crippen MR) is 176 cm³/mol. The number of rotatable bonds is 14. The Morgan fingerprint density at radius 3 is 2.11 bits per heavy atom. The third-order valence-corrected chi connectivity index (χ3v) is 9.07. The summed E-state index contributed by atoms with van der Waals surface area (Å²) in [5.74, 6) is -0.423. The van der Waals surface area contributed by atoms with Crippen molar-refractivity contribution < 1.29 is 41.3 Å². The van der Waals surface area contributed by atoms with Crippen molar-refractivity contribution in [3.63, 3.8) is 0 Å². The summed E-state index contributed by atoms with van der Waals surface area (Å²) in [5, 5.41) is 5.12. The highest BCUT2D eigenvalue weighted by molar-refractivity contribution is 7.92. The number of nitrogens with one attached hydrogen (secondary N) is 2. The van der Waals surface area contributed by atoms with Crippen LogP contribution in [0.4, 0.5) is 15.8 Å². The van der Waals surface area contributed by atoms with Crippen molar-refractivity contribution >= 4 is 44.8 Å². The van der Waals surface area contributed by atoms with Gasteiger partial charge in [-0.25, -0.2) is 12.8 Å². The van der Waals surface area contributed by atoms with E-state index in [4.69, 9.17) is 30.5 Å². The number of sulfonamides is 1. The second-order valence-corrected chi connectivity index (χ2v) is 12.2. The number of anilines is 2. The standard InChI is InChI=1S/C33H33ClFN3O8S/c1-43-28-13-9-21(17-30(28)45-3)15-16-36-33(40)24-7-5-6-8-27(24)37-32(39)20-38(22-10-12-26(35)25(34)18-22)47(41,42)23-11-14-29(44-2)31(19-23)46-4/h5-14,17-19H,15-16,20H2,1-4H3,(H,36,40)(H,37,39). The molecule has 0 unspecified atom stereocenters. The molecule has 0 saturated heterocycles. The van der Waals surface area contributed by atoms with Gasteiger partial charge in [-0.2, -0.15) is 0 Å². The first-order valence-corrected chi connectivity index (χ1v) is 15.9. The monoisotopic (exact) mass is 685 g/mol. The van der Waals surface area contributed by atoms with Gasteiger partial charge in [0.25, 0.3) is 15.9 Å². The Balaban J connectivity index is 1.54. The van der Waals surface area contributed by atoms with Gasteiger partial charge in [0.2, 0.25) is 5.91 Å². The van der Waals surface area contributed by atoms with E-state index in [1.807, 2.05) is 12.1 Å². The zero-order valence-electron chi connectivity index (χ0n) is 26.0. The lowest BCUT2D eigenvalue weighted by Crippen LogP contribution is -2.38. The molecule has 0 aliphatic rings. The SMILES string of the molecule is COc1ccc(CCNC(=O)c2ccccc2NC(=O)CN(c2ccc(F)c(Cl)c2)S(=O)(=O)c2ccc(OC)c(OC)c2)cc1OC. The largest absolute Gasteiger partial charge is 0.493 e. The number of amides is 2. The van der Waals surface area contributed by atoms with Crippen LogP contribution in [0, 0.1) is 5.82 Å². The minimum absolute atomic E-state index is 0.0671. The Labute approximate surface area is 277 Å². The first kappa shape index (κ1) is 34.9. The average molecular weight is 686 g/mol. The zero-order valence-corrected chi connectivity index (χ0v) is 27.6. The third-order valence-electron chi connectivity index (χ3n) is 7.01. The van der Waals surface area contributed by atoms with Crippen molar-refractivity contribution in [2.75, 3.05) is 51.2 Å². The van der Waals surface area contributed by atoms with Crippen LogP contribution >= 0.6 is 11.6 Å². The highest BCUT2D eigenvalue weighted by Crippen LogP contribution is 2.33. The van der Waals surface area contributed by atoms with E-state index in [0.29, 0.717) is 23.7 Å². The first-order valence-electron chi connectivity index (χ1n) is 14.1. The van der Waals surface area contributed by atoms with E-state index in [0.717, 1.165) is 22.0 Å². The number of hydrogen-bond acceptors (Lipinski definition) is 8. The van der Waals surface area contributed by atoms with Crippen LogP contribution in [-0.4, -0.2) is 61.8 Å². The predicted octanol–water partition coefficient (Wildman–Crippen LogP) is 5.32. The second-order valence-electron chi connectivity index (χ2n) is 9.92. The summed E-state index contributed by atoms with van der Waals surface area (Å²) < 4.78 is 63.7. The molecule has 0 heterocycles. The lowest BCUT2D eigenvalue weighted by molar-refractivity contribution is -0.114. The summed E-state index contributed by atoms with van der Waals surface area (Å²) >= 11 is 5.98. The maximum Gasteiger partial charge on any atom is 0.264 e. The molecule has 0 bridgehead atoms. The smallest absolute Gasteiger partial charge is 0.264 e. The second kappa shape index (κ2) is 15.5. The highest BCUT2D eigenvalue weighted by Gasteiger charge is 2.29. The van der Waals surface area contributed by atoms with Gasteiger partial charge in [0.1, 0.15) is 12.4 Å². The van der Waals surface area contributed by atoms with Crippen LogP contribution in [0.2, 0.25) is 5.02 Å². The van der Waals surface area contributed by atoms with Crippen molar-refractivity contribution in [2.45, 2.75) is 11.3 Å². The summed E-state index contributed by atoms with van der Waals surface area (Å²) in [7, 11) is 1.39. The maximum atomic E-state index is 14.0. The molecule has 2 amide bonds. The molecule has 248 valence electrons. The number of nitrogens with zero attached hydrogens (tertiary/aromatic N) is 1. The number of carbonyl (C=O) groups is 2. The molecule has 4 aromatic rings. The molecule has 47 heavy (non-hydrogen) atoms. The molecule has 0 fully saturated rings. The lowest BCUT2D eigenvalue weighted by atomic mass is 10.1. The van der Waals surface area contributed by atoms with Crippen LogP contribution in [0.25, 0.3) is 0 Å². The van der Waals surface area contributed by atoms with Gasteiger partial charge in [-0.05, 0) is 66.6 Å². The highest BCUT2D eigenvalue weighted by atomic mass is 35.5. The molecule has 14 heteroatoms. The lowest BCUT2D eigenvalue weighted by Gasteiger charge is -2.25. The molecule has 0 aliphatic carbocycles. The fourth-order valence-electron chi connectivity index (χ4n) is 4.62. The Morgan fingerprint density at radius 2 is 1.45 bits per heavy atom. The van der Waals surface area contributed by atoms with Crippen LogP contribution in [0.3, 0.4) is 0 Å². The van der Waals surface area contributed by atoms with Crippen LogP contribution in [-0.2, 0) is 21.2 Å². The van der Waals surface area contributed by atoms with Crippen LogP contribution in [0.15, 0.2) is 83.8 Å². The number of hydrogen-bond donors (Lipinski definition) is 2. The molecule has 11 nitrogen and oxygen atoms in total. The van der Waals surface area contributed by atoms with Gasteiger partial charge in [-0.1, -0.05) is 29.8 Å².